The number of rotatable bonds is 5. The van der Waals surface area contributed by atoms with Crippen LogP contribution in [0, 0.1) is 12.8 Å². The molecule has 1 aromatic carbocycles. The molecular formula is C17H19ClN4O2. The van der Waals surface area contributed by atoms with Crippen LogP contribution in [0.25, 0.3) is 0 Å². The zero-order valence-electron chi connectivity index (χ0n) is 13.7. The van der Waals surface area contributed by atoms with E-state index in [2.05, 4.69) is 20.8 Å². The summed E-state index contributed by atoms with van der Waals surface area (Å²) < 4.78 is 0. The Bertz CT molecular complexity index is 714. The molecule has 0 fully saturated rings. The van der Waals surface area contributed by atoms with Crippen LogP contribution in [0.1, 0.15) is 29.8 Å². The fraction of sp³-hybridized carbons (Fsp3) is 0.294. The third kappa shape index (κ3) is 4.76. The van der Waals surface area contributed by atoms with E-state index in [1.807, 2.05) is 32.9 Å². The van der Waals surface area contributed by atoms with Crippen molar-refractivity contribution in [1.82, 2.24) is 15.5 Å². The second-order valence-corrected chi connectivity index (χ2v) is 6.18. The number of hydrogen-bond donors (Lipinski definition) is 2. The standard InChI is InChI=1S/C17H19ClN4O2/c1-10(2)15(17(24)19-14-9-8-13(18)21-22-14)20-16(23)12-6-4-11(3)5-7-12/h4-10,15H,1-3H3,(H,20,23)(H,19,22,24)/t15-/m1/s1. The van der Waals surface area contributed by atoms with Gasteiger partial charge in [-0.1, -0.05) is 43.1 Å². The zero-order chi connectivity index (χ0) is 17.7. The zero-order valence-corrected chi connectivity index (χ0v) is 14.5. The monoisotopic (exact) mass is 346 g/mol. The van der Waals surface area contributed by atoms with Gasteiger partial charge < -0.3 is 10.6 Å². The first-order chi connectivity index (χ1) is 11.4. The number of nitrogens with zero attached hydrogens (tertiary/aromatic N) is 2. The molecule has 0 unspecified atom stereocenters. The molecule has 0 aliphatic carbocycles. The van der Waals surface area contributed by atoms with E-state index in [1.54, 1.807) is 18.2 Å². The maximum atomic E-state index is 12.4. The number of amides is 2. The van der Waals surface area contributed by atoms with E-state index in [1.165, 1.54) is 6.07 Å². The fourth-order valence-corrected chi connectivity index (χ4v) is 2.15. The summed E-state index contributed by atoms with van der Waals surface area (Å²) in [4.78, 5) is 24.8. The molecule has 0 spiro atoms. The van der Waals surface area contributed by atoms with Gasteiger partial charge in [0.25, 0.3) is 5.91 Å². The number of nitrogens with one attached hydrogen (secondary N) is 2. The Balaban J connectivity index is 2.07. The minimum Gasteiger partial charge on any atom is -0.340 e. The van der Waals surface area contributed by atoms with Gasteiger partial charge in [0.15, 0.2) is 11.0 Å². The number of carbonyl (C=O) groups is 2. The molecule has 1 aromatic heterocycles. The topological polar surface area (TPSA) is 84.0 Å². The van der Waals surface area contributed by atoms with E-state index >= 15 is 0 Å². The molecule has 2 rings (SSSR count). The number of aromatic nitrogens is 2. The van der Waals surface area contributed by atoms with Gasteiger partial charge in [0.05, 0.1) is 0 Å². The Labute approximate surface area is 145 Å². The number of carbonyl (C=O) groups excluding carboxylic acids is 2. The first kappa shape index (κ1) is 17.9. The van der Waals surface area contributed by atoms with Crippen molar-refractivity contribution in [2.75, 3.05) is 5.32 Å². The van der Waals surface area contributed by atoms with E-state index in [4.69, 9.17) is 11.6 Å². The minimum absolute atomic E-state index is 0.0975. The molecule has 0 aliphatic heterocycles. The van der Waals surface area contributed by atoms with Gasteiger partial charge in [-0.15, -0.1) is 10.2 Å². The highest BCUT2D eigenvalue weighted by Crippen LogP contribution is 2.10. The van der Waals surface area contributed by atoms with Crippen LogP contribution < -0.4 is 10.6 Å². The minimum atomic E-state index is -0.698. The molecule has 0 bridgehead atoms. The van der Waals surface area contributed by atoms with Crippen molar-refractivity contribution < 1.29 is 9.59 Å². The summed E-state index contributed by atoms with van der Waals surface area (Å²) in [5.74, 6) is -0.479. The highest BCUT2D eigenvalue weighted by Gasteiger charge is 2.25. The van der Waals surface area contributed by atoms with Crippen molar-refractivity contribution in [3.05, 3.63) is 52.7 Å². The van der Waals surface area contributed by atoms with Crippen molar-refractivity contribution in [3.8, 4) is 0 Å². The van der Waals surface area contributed by atoms with Gasteiger partial charge in [0, 0.05) is 5.56 Å². The maximum Gasteiger partial charge on any atom is 0.251 e. The number of anilines is 1. The lowest BCUT2D eigenvalue weighted by atomic mass is 10.0. The quantitative estimate of drug-likeness (QED) is 0.871. The molecule has 0 saturated heterocycles. The first-order valence-corrected chi connectivity index (χ1v) is 7.92. The van der Waals surface area contributed by atoms with E-state index in [-0.39, 0.29) is 28.7 Å². The highest BCUT2D eigenvalue weighted by atomic mass is 35.5. The lowest BCUT2D eigenvalue weighted by Gasteiger charge is -2.21. The summed E-state index contributed by atoms with van der Waals surface area (Å²) in [6.07, 6.45) is 0. The van der Waals surface area contributed by atoms with E-state index in [0.29, 0.717) is 5.56 Å². The average Bonchev–Trinajstić information content (AvgIpc) is 2.54. The second kappa shape index (κ2) is 7.88. The van der Waals surface area contributed by atoms with Crippen molar-refractivity contribution in [2.24, 2.45) is 5.92 Å². The largest absolute Gasteiger partial charge is 0.340 e. The van der Waals surface area contributed by atoms with E-state index < -0.39 is 6.04 Å². The van der Waals surface area contributed by atoms with Crippen LogP contribution in [0.15, 0.2) is 36.4 Å². The Kier molecular flexibility index (Phi) is 5.87. The normalized spacial score (nSPS) is 11.9. The van der Waals surface area contributed by atoms with Crippen LogP contribution in [-0.4, -0.2) is 28.1 Å². The van der Waals surface area contributed by atoms with Gasteiger partial charge in [0.2, 0.25) is 5.91 Å². The fourth-order valence-electron chi connectivity index (χ4n) is 2.05. The summed E-state index contributed by atoms with van der Waals surface area (Å²) in [6.45, 7) is 5.65. The van der Waals surface area contributed by atoms with Gasteiger partial charge in [-0.2, -0.15) is 0 Å². The molecule has 0 saturated carbocycles. The van der Waals surface area contributed by atoms with Crippen LogP contribution in [-0.2, 0) is 4.79 Å². The molecule has 24 heavy (non-hydrogen) atoms. The maximum absolute atomic E-state index is 12.4. The molecule has 126 valence electrons. The summed E-state index contributed by atoms with van der Waals surface area (Å²) in [5.41, 5.74) is 1.57. The predicted octanol–water partition coefficient (Wildman–Crippen LogP) is 2.83. The molecule has 7 heteroatoms. The lowest BCUT2D eigenvalue weighted by molar-refractivity contribution is -0.118. The molecule has 1 heterocycles. The SMILES string of the molecule is Cc1ccc(C(=O)N[C@@H](C(=O)Nc2ccc(Cl)nn2)C(C)C)cc1. The van der Waals surface area contributed by atoms with Crippen LogP contribution in [0.5, 0.6) is 0 Å². The number of aryl methyl sites for hydroxylation is 1. The van der Waals surface area contributed by atoms with Crippen LogP contribution >= 0.6 is 11.6 Å². The lowest BCUT2D eigenvalue weighted by Crippen LogP contribution is -2.47. The number of halogens is 1. The smallest absolute Gasteiger partial charge is 0.251 e. The summed E-state index contributed by atoms with van der Waals surface area (Å²) in [6, 6.07) is 9.53. The van der Waals surface area contributed by atoms with Crippen molar-refractivity contribution in [2.45, 2.75) is 26.8 Å². The molecule has 6 nitrogen and oxygen atoms in total. The molecule has 2 amide bonds. The number of benzene rings is 1. The van der Waals surface area contributed by atoms with Gasteiger partial charge in [-0.05, 0) is 37.1 Å². The van der Waals surface area contributed by atoms with E-state index in [0.717, 1.165) is 5.56 Å². The van der Waals surface area contributed by atoms with Crippen LogP contribution in [0.3, 0.4) is 0 Å². The molecule has 1 atom stereocenters. The van der Waals surface area contributed by atoms with E-state index in [9.17, 15) is 9.59 Å². The predicted molar refractivity (Wildman–Crippen MR) is 92.9 cm³/mol. The highest BCUT2D eigenvalue weighted by molar-refractivity contribution is 6.29. The summed E-state index contributed by atoms with van der Waals surface area (Å²) >= 11 is 5.67. The molecule has 2 aromatic rings. The Hall–Kier alpha value is -2.47. The summed E-state index contributed by atoms with van der Waals surface area (Å²) in [7, 11) is 0. The molecule has 0 radical (unpaired) electrons. The van der Waals surface area contributed by atoms with Gasteiger partial charge in [0.1, 0.15) is 6.04 Å². The third-order valence-electron chi connectivity index (χ3n) is 3.43. The molecule has 0 aliphatic rings. The third-order valence-corrected chi connectivity index (χ3v) is 3.63. The average molecular weight is 347 g/mol. The Morgan fingerprint density at radius 1 is 1.04 bits per heavy atom. The van der Waals surface area contributed by atoms with Gasteiger partial charge in [-0.3, -0.25) is 9.59 Å². The summed E-state index contributed by atoms with van der Waals surface area (Å²) in [5, 5.41) is 13.1. The van der Waals surface area contributed by atoms with Crippen molar-refractivity contribution in [3.63, 3.8) is 0 Å². The Morgan fingerprint density at radius 3 is 2.25 bits per heavy atom. The first-order valence-electron chi connectivity index (χ1n) is 7.54. The van der Waals surface area contributed by atoms with Crippen LogP contribution in [0.2, 0.25) is 5.15 Å². The van der Waals surface area contributed by atoms with Gasteiger partial charge >= 0.3 is 0 Å². The molecular weight excluding hydrogens is 328 g/mol. The van der Waals surface area contributed by atoms with Crippen molar-refractivity contribution in [1.29, 1.82) is 0 Å². The Morgan fingerprint density at radius 2 is 1.71 bits per heavy atom. The number of hydrogen-bond acceptors (Lipinski definition) is 4. The van der Waals surface area contributed by atoms with Crippen molar-refractivity contribution >= 4 is 29.2 Å². The second-order valence-electron chi connectivity index (χ2n) is 5.79. The van der Waals surface area contributed by atoms with Gasteiger partial charge in [-0.25, -0.2) is 0 Å². The molecule has 2 N–H and O–H groups in total. The van der Waals surface area contributed by atoms with Crippen LogP contribution in [0.4, 0.5) is 5.82 Å².